The lowest BCUT2D eigenvalue weighted by Gasteiger charge is -2.10. The highest BCUT2D eigenvalue weighted by Gasteiger charge is 2.09. The number of benzene rings is 2. The van der Waals surface area contributed by atoms with Gasteiger partial charge in [0, 0.05) is 6.26 Å². The summed E-state index contributed by atoms with van der Waals surface area (Å²) in [6, 6.07) is 11.7. The monoisotopic (exact) mass is 292 g/mol. The first-order valence-corrected chi connectivity index (χ1v) is 7.97. The van der Waals surface area contributed by atoms with E-state index in [9.17, 15) is 8.42 Å². The van der Waals surface area contributed by atoms with Crippen LogP contribution < -0.4 is 4.74 Å². The normalized spacial score (nSPS) is 11.3. The van der Waals surface area contributed by atoms with Crippen LogP contribution in [0, 0.1) is 6.92 Å². The Morgan fingerprint density at radius 1 is 1.15 bits per heavy atom. The smallest absolute Gasteiger partial charge is 0.175 e. The molecule has 0 aliphatic heterocycles. The first-order chi connectivity index (χ1) is 9.40. The quantitative estimate of drug-likeness (QED) is 0.941. The van der Waals surface area contributed by atoms with Gasteiger partial charge in [-0.15, -0.1) is 0 Å². The second kappa shape index (κ2) is 5.64. The maximum Gasteiger partial charge on any atom is 0.175 e. The van der Waals surface area contributed by atoms with Crippen LogP contribution in [-0.4, -0.2) is 19.8 Å². The first-order valence-electron chi connectivity index (χ1n) is 6.08. The minimum absolute atomic E-state index is 0.0231. The Morgan fingerprint density at radius 3 is 2.50 bits per heavy atom. The maximum absolute atomic E-state index is 11.5. The van der Waals surface area contributed by atoms with Crippen molar-refractivity contribution >= 4 is 9.84 Å². The van der Waals surface area contributed by atoms with Crippen LogP contribution in [0.15, 0.2) is 47.4 Å². The fraction of sp³-hybridized carbons (Fsp3) is 0.200. The van der Waals surface area contributed by atoms with Crippen molar-refractivity contribution in [3.8, 4) is 11.5 Å². The molecule has 0 saturated carbocycles. The van der Waals surface area contributed by atoms with Gasteiger partial charge >= 0.3 is 0 Å². The van der Waals surface area contributed by atoms with Crippen LogP contribution in [0.1, 0.15) is 11.1 Å². The van der Waals surface area contributed by atoms with Gasteiger partial charge in [0.1, 0.15) is 11.5 Å². The zero-order chi connectivity index (χ0) is 14.8. The number of sulfone groups is 1. The summed E-state index contributed by atoms with van der Waals surface area (Å²) in [7, 11) is -3.25. The van der Waals surface area contributed by atoms with Crippen molar-refractivity contribution in [2.45, 2.75) is 18.4 Å². The molecular weight excluding hydrogens is 276 g/mol. The Balaban J connectivity index is 2.31. The molecule has 2 aromatic carbocycles. The molecule has 0 radical (unpaired) electrons. The van der Waals surface area contributed by atoms with Gasteiger partial charge in [-0.25, -0.2) is 8.42 Å². The number of ether oxygens (including phenoxy) is 1. The molecule has 0 aliphatic rings. The molecule has 0 amide bonds. The molecule has 2 aromatic rings. The van der Waals surface area contributed by atoms with E-state index in [0.29, 0.717) is 11.5 Å². The van der Waals surface area contributed by atoms with Gasteiger partial charge in [-0.2, -0.15) is 0 Å². The molecule has 106 valence electrons. The molecule has 0 aliphatic carbocycles. The molecule has 0 fully saturated rings. The van der Waals surface area contributed by atoms with Gasteiger partial charge in [0.2, 0.25) is 0 Å². The molecule has 4 nitrogen and oxygen atoms in total. The van der Waals surface area contributed by atoms with Crippen molar-refractivity contribution in [2.24, 2.45) is 0 Å². The molecule has 0 spiro atoms. The lowest BCUT2D eigenvalue weighted by atomic mass is 10.1. The van der Waals surface area contributed by atoms with E-state index in [1.165, 1.54) is 12.1 Å². The molecule has 0 unspecified atom stereocenters. The second-order valence-electron chi connectivity index (χ2n) is 4.61. The van der Waals surface area contributed by atoms with E-state index in [1.807, 2.05) is 13.0 Å². The van der Waals surface area contributed by atoms with Crippen molar-refractivity contribution < 1.29 is 18.3 Å². The van der Waals surface area contributed by atoms with Crippen LogP contribution in [0.4, 0.5) is 0 Å². The van der Waals surface area contributed by atoms with Crippen molar-refractivity contribution in [1.29, 1.82) is 0 Å². The van der Waals surface area contributed by atoms with E-state index in [-0.39, 0.29) is 11.5 Å². The highest BCUT2D eigenvalue weighted by Crippen LogP contribution is 2.27. The number of hydrogen-bond donors (Lipinski definition) is 1. The first kappa shape index (κ1) is 14.6. The predicted molar refractivity (Wildman–Crippen MR) is 76.7 cm³/mol. The highest BCUT2D eigenvalue weighted by molar-refractivity contribution is 7.90. The third kappa shape index (κ3) is 3.37. The second-order valence-corrected chi connectivity index (χ2v) is 6.62. The molecule has 0 heterocycles. The van der Waals surface area contributed by atoms with E-state index in [0.717, 1.165) is 17.4 Å². The summed E-state index contributed by atoms with van der Waals surface area (Å²) in [4.78, 5) is 0.222. The molecular formula is C15H16O4S. The Bertz CT molecular complexity index is 720. The van der Waals surface area contributed by atoms with Crippen LogP contribution in [0.5, 0.6) is 11.5 Å². The largest absolute Gasteiger partial charge is 0.457 e. The van der Waals surface area contributed by atoms with Crippen LogP contribution in [0.25, 0.3) is 0 Å². The SMILES string of the molecule is Cc1cc(CO)ccc1Oc1cccc(S(C)(=O)=O)c1. The van der Waals surface area contributed by atoms with E-state index in [4.69, 9.17) is 9.84 Å². The van der Waals surface area contributed by atoms with Crippen LogP contribution in [-0.2, 0) is 16.4 Å². The van der Waals surface area contributed by atoms with E-state index >= 15 is 0 Å². The standard InChI is InChI=1S/C15H16O4S/c1-11-8-12(10-16)6-7-15(11)19-13-4-3-5-14(9-13)20(2,17)18/h3-9,16H,10H2,1-2H3. The van der Waals surface area contributed by atoms with Gasteiger partial charge in [0.25, 0.3) is 0 Å². The zero-order valence-corrected chi connectivity index (χ0v) is 12.1. The van der Waals surface area contributed by atoms with Crippen LogP contribution in [0.2, 0.25) is 0 Å². The van der Waals surface area contributed by atoms with Crippen molar-refractivity contribution in [3.05, 3.63) is 53.6 Å². The Labute approximate surface area is 118 Å². The number of rotatable bonds is 4. The third-order valence-electron chi connectivity index (χ3n) is 2.88. The Morgan fingerprint density at radius 2 is 1.90 bits per heavy atom. The molecule has 20 heavy (non-hydrogen) atoms. The number of hydrogen-bond acceptors (Lipinski definition) is 4. The van der Waals surface area contributed by atoms with Gasteiger partial charge in [0.05, 0.1) is 11.5 Å². The molecule has 0 saturated heterocycles. The van der Waals surface area contributed by atoms with E-state index in [1.54, 1.807) is 24.3 Å². The van der Waals surface area contributed by atoms with Gasteiger partial charge in [-0.3, -0.25) is 0 Å². The Kier molecular flexibility index (Phi) is 4.11. The molecule has 0 aromatic heterocycles. The fourth-order valence-electron chi connectivity index (χ4n) is 1.82. The lowest BCUT2D eigenvalue weighted by Crippen LogP contribution is -1.97. The summed E-state index contributed by atoms with van der Waals surface area (Å²) >= 11 is 0. The summed E-state index contributed by atoms with van der Waals surface area (Å²) in [5, 5.41) is 9.06. The lowest BCUT2D eigenvalue weighted by molar-refractivity contribution is 0.281. The van der Waals surface area contributed by atoms with Gasteiger partial charge < -0.3 is 9.84 Å². The van der Waals surface area contributed by atoms with Crippen LogP contribution in [0.3, 0.4) is 0 Å². The summed E-state index contributed by atoms with van der Waals surface area (Å²) in [5.74, 6) is 1.10. The van der Waals surface area contributed by atoms with E-state index in [2.05, 4.69) is 0 Å². The summed E-state index contributed by atoms with van der Waals surface area (Å²) < 4.78 is 28.7. The third-order valence-corrected chi connectivity index (χ3v) is 3.99. The molecule has 5 heteroatoms. The molecule has 2 rings (SSSR count). The molecule has 0 atom stereocenters. The van der Waals surface area contributed by atoms with E-state index < -0.39 is 9.84 Å². The molecule has 1 N–H and O–H groups in total. The fourth-order valence-corrected chi connectivity index (χ4v) is 2.48. The number of aliphatic hydroxyl groups excluding tert-OH is 1. The minimum atomic E-state index is -3.25. The number of aryl methyl sites for hydroxylation is 1. The zero-order valence-electron chi connectivity index (χ0n) is 11.3. The van der Waals surface area contributed by atoms with Crippen LogP contribution >= 0.6 is 0 Å². The topological polar surface area (TPSA) is 63.6 Å². The van der Waals surface area contributed by atoms with Gasteiger partial charge in [-0.05, 0) is 42.3 Å². The summed E-state index contributed by atoms with van der Waals surface area (Å²) in [5.41, 5.74) is 1.68. The summed E-state index contributed by atoms with van der Waals surface area (Å²) in [6.07, 6.45) is 1.16. The molecule has 0 bridgehead atoms. The predicted octanol–water partition coefficient (Wildman–Crippen LogP) is 2.68. The van der Waals surface area contributed by atoms with Crippen molar-refractivity contribution in [1.82, 2.24) is 0 Å². The number of aliphatic hydroxyl groups is 1. The summed E-state index contributed by atoms with van der Waals surface area (Å²) in [6.45, 7) is 1.85. The average molecular weight is 292 g/mol. The van der Waals surface area contributed by atoms with Crippen molar-refractivity contribution in [2.75, 3.05) is 6.26 Å². The van der Waals surface area contributed by atoms with Crippen molar-refractivity contribution in [3.63, 3.8) is 0 Å². The maximum atomic E-state index is 11.5. The van der Waals surface area contributed by atoms with Gasteiger partial charge in [-0.1, -0.05) is 18.2 Å². The van der Waals surface area contributed by atoms with Gasteiger partial charge in [0.15, 0.2) is 9.84 Å². The minimum Gasteiger partial charge on any atom is -0.457 e. The average Bonchev–Trinajstić information content (AvgIpc) is 2.40. The highest BCUT2D eigenvalue weighted by atomic mass is 32.2. The Hall–Kier alpha value is -1.85.